The van der Waals surface area contributed by atoms with Crippen molar-refractivity contribution in [1.29, 1.82) is 0 Å². The minimum atomic E-state index is -0.282. The van der Waals surface area contributed by atoms with E-state index in [9.17, 15) is 4.79 Å². The van der Waals surface area contributed by atoms with Gasteiger partial charge in [-0.05, 0) is 35.9 Å². The largest absolute Gasteiger partial charge is 0.395 e. The van der Waals surface area contributed by atoms with Crippen LogP contribution in [-0.4, -0.2) is 34.2 Å². The number of halogens is 1. The number of urea groups is 1. The molecule has 0 saturated carbocycles. The smallest absolute Gasteiger partial charge is 0.322 e. The summed E-state index contributed by atoms with van der Waals surface area (Å²) in [5, 5.41) is 12.5. The average Bonchev–Trinajstić information content (AvgIpc) is 2.50. The van der Waals surface area contributed by atoms with Crippen LogP contribution in [0.2, 0.25) is 5.02 Å². The maximum absolute atomic E-state index is 12.2. The fourth-order valence-electron chi connectivity index (χ4n) is 1.82. The molecule has 21 heavy (non-hydrogen) atoms. The summed E-state index contributed by atoms with van der Waals surface area (Å²) >= 11 is 5.80. The highest BCUT2D eigenvalue weighted by Gasteiger charge is 2.13. The molecule has 0 atom stereocenters. The Bertz CT molecular complexity index is 575. The molecule has 0 bridgehead atoms. The van der Waals surface area contributed by atoms with Crippen LogP contribution < -0.4 is 5.32 Å². The van der Waals surface area contributed by atoms with E-state index in [1.165, 1.54) is 4.90 Å². The second kappa shape index (κ2) is 7.61. The summed E-state index contributed by atoms with van der Waals surface area (Å²) in [7, 11) is 0. The molecule has 0 aliphatic carbocycles. The summed E-state index contributed by atoms with van der Waals surface area (Å²) < 4.78 is 0. The van der Waals surface area contributed by atoms with E-state index < -0.39 is 0 Å². The molecule has 0 fully saturated rings. The third-order valence-electron chi connectivity index (χ3n) is 2.85. The number of hydrogen-bond donors (Lipinski definition) is 2. The number of carbonyl (C=O) groups excluding carboxylic acids is 1. The number of nitrogens with one attached hydrogen (secondary N) is 1. The van der Waals surface area contributed by atoms with Crippen LogP contribution in [0.5, 0.6) is 0 Å². The van der Waals surface area contributed by atoms with Gasteiger partial charge in [0.1, 0.15) is 0 Å². The van der Waals surface area contributed by atoms with Gasteiger partial charge in [-0.15, -0.1) is 0 Å². The molecule has 0 saturated heterocycles. The van der Waals surface area contributed by atoms with Gasteiger partial charge < -0.3 is 15.3 Å². The van der Waals surface area contributed by atoms with Gasteiger partial charge in [0.2, 0.25) is 0 Å². The first-order valence-electron chi connectivity index (χ1n) is 6.50. The van der Waals surface area contributed by atoms with Gasteiger partial charge in [0.05, 0.1) is 6.61 Å². The maximum atomic E-state index is 12.2. The van der Waals surface area contributed by atoms with Crippen molar-refractivity contribution in [2.45, 2.75) is 6.54 Å². The molecule has 110 valence electrons. The average molecular weight is 306 g/mol. The van der Waals surface area contributed by atoms with E-state index in [-0.39, 0.29) is 19.2 Å². The topological polar surface area (TPSA) is 65.5 Å². The van der Waals surface area contributed by atoms with E-state index >= 15 is 0 Å². The van der Waals surface area contributed by atoms with Crippen LogP contribution in [0.4, 0.5) is 10.5 Å². The van der Waals surface area contributed by atoms with Gasteiger partial charge in [0, 0.05) is 36.2 Å². The molecule has 0 aliphatic rings. The molecule has 1 aromatic heterocycles. The fraction of sp³-hybridized carbons (Fsp3) is 0.200. The minimum absolute atomic E-state index is 0.103. The van der Waals surface area contributed by atoms with Gasteiger partial charge in [0.25, 0.3) is 0 Å². The number of nitrogens with zero attached hydrogens (tertiary/aromatic N) is 2. The van der Waals surface area contributed by atoms with Gasteiger partial charge >= 0.3 is 6.03 Å². The predicted molar refractivity (Wildman–Crippen MR) is 82.2 cm³/mol. The lowest BCUT2D eigenvalue weighted by Crippen LogP contribution is -2.36. The Morgan fingerprint density at radius 1 is 1.29 bits per heavy atom. The lowest BCUT2D eigenvalue weighted by atomic mass is 10.2. The first-order valence-corrected chi connectivity index (χ1v) is 6.88. The van der Waals surface area contributed by atoms with Crippen molar-refractivity contribution < 1.29 is 9.90 Å². The molecular formula is C15H16ClN3O2. The van der Waals surface area contributed by atoms with Crippen LogP contribution >= 0.6 is 11.6 Å². The van der Waals surface area contributed by atoms with Crippen molar-refractivity contribution in [3.8, 4) is 0 Å². The molecule has 2 rings (SSSR count). The first-order chi connectivity index (χ1) is 10.2. The van der Waals surface area contributed by atoms with Crippen molar-refractivity contribution in [2.24, 2.45) is 0 Å². The number of hydrogen-bond acceptors (Lipinski definition) is 3. The van der Waals surface area contributed by atoms with E-state index in [4.69, 9.17) is 16.7 Å². The highest BCUT2D eigenvalue weighted by Crippen LogP contribution is 2.14. The highest BCUT2D eigenvalue weighted by molar-refractivity contribution is 6.30. The third-order valence-corrected chi connectivity index (χ3v) is 3.10. The van der Waals surface area contributed by atoms with E-state index in [1.54, 1.807) is 36.7 Å². The number of amides is 2. The van der Waals surface area contributed by atoms with Crippen LogP contribution in [0, 0.1) is 0 Å². The lowest BCUT2D eigenvalue weighted by molar-refractivity contribution is 0.185. The lowest BCUT2D eigenvalue weighted by Gasteiger charge is -2.22. The summed E-state index contributed by atoms with van der Waals surface area (Å²) in [6, 6.07) is 10.3. The van der Waals surface area contributed by atoms with Crippen molar-refractivity contribution in [3.63, 3.8) is 0 Å². The molecule has 0 unspecified atom stereocenters. The Kier molecular flexibility index (Phi) is 5.54. The van der Waals surface area contributed by atoms with Gasteiger partial charge in [-0.1, -0.05) is 17.7 Å². The van der Waals surface area contributed by atoms with E-state index in [0.717, 1.165) is 5.56 Å². The Labute approximate surface area is 128 Å². The Hall–Kier alpha value is -2.11. The Balaban J connectivity index is 2.03. The third kappa shape index (κ3) is 4.73. The Morgan fingerprint density at radius 2 is 2.05 bits per heavy atom. The van der Waals surface area contributed by atoms with E-state index in [0.29, 0.717) is 17.3 Å². The molecule has 0 aliphatic heterocycles. The monoisotopic (exact) mass is 305 g/mol. The number of carbonyl (C=O) groups is 1. The van der Waals surface area contributed by atoms with Crippen LogP contribution in [0.1, 0.15) is 5.56 Å². The number of aromatic nitrogens is 1. The quantitative estimate of drug-likeness (QED) is 0.892. The molecule has 2 aromatic rings. The second-order valence-corrected chi connectivity index (χ2v) is 4.88. The van der Waals surface area contributed by atoms with Crippen LogP contribution in [0.15, 0.2) is 48.8 Å². The zero-order chi connectivity index (χ0) is 15.1. The number of benzene rings is 1. The zero-order valence-corrected chi connectivity index (χ0v) is 12.1. The Morgan fingerprint density at radius 3 is 2.67 bits per heavy atom. The number of rotatable bonds is 5. The number of pyridine rings is 1. The molecule has 5 nitrogen and oxygen atoms in total. The molecule has 6 heteroatoms. The van der Waals surface area contributed by atoms with E-state index in [1.807, 2.05) is 12.1 Å². The van der Waals surface area contributed by atoms with Gasteiger partial charge in [-0.25, -0.2) is 4.79 Å². The second-order valence-electron chi connectivity index (χ2n) is 4.44. The fourth-order valence-corrected chi connectivity index (χ4v) is 1.95. The van der Waals surface area contributed by atoms with Crippen molar-refractivity contribution in [1.82, 2.24) is 9.88 Å². The molecule has 1 aromatic carbocycles. The van der Waals surface area contributed by atoms with Crippen LogP contribution in [-0.2, 0) is 6.54 Å². The molecule has 0 radical (unpaired) electrons. The van der Waals surface area contributed by atoms with Gasteiger partial charge in [0.15, 0.2) is 0 Å². The van der Waals surface area contributed by atoms with Crippen molar-refractivity contribution in [2.75, 3.05) is 18.5 Å². The van der Waals surface area contributed by atoms with E-state index in [2.05, 4.69) is 10.3 Å². The molecular weight excluding hydrogens is 290 g/mol. The highest BCUT2D eigenvalue weighted by atomic mass is 35.5. The summed E-state index contributed by atoms with van der Waals surface area (Å²) in [5.41, 5.74) is 1.55. The summed E-state index contributed by atoms with van der Waals surface area (Å²) in [5.74, 6) is 0. The summed E-state index contributed by atoms with van der Waals surface area (Å²) in [6.07, 6.45) is 3.37. The summed E-state index contributed by atoms with van der Waals surface area (Å²) in [4.78, 5) is 17.8. The van der Waals surface area contributed by atoms with Gasteiger partial charge in [-0.3, -0.25) is 4.98 Å². The normalized spacial score (nSPS) is 10.2. The molecule has 2 amide bonds. The number of anilines is 1. The van der Waals surface area contributed by atoms with Crippen LogP contribution in [0.3, 0.4) is 0 Å². The molecule has 2 N–H and O–H groups in total. The molecule has 1 heterocycles. The SMILES string of the molecule is O=C(Nc1ccc(Cl)cc1)N(CCO)Cc1cccnc1. The van der Waals surface area contributed by atoms with Crippen molar-refractivity contribution in [3.05, 3.63) is 59.4 Å². The van der Waals surface area contributed by atoms with Crippen LogP contribution in [0.25, 0.3) is 0 Å². The molecule has 0 spiro atoms. The number of aliphatic hydroxyl groups is 1. The summed E-state index contributed by atoms with van der Waals surface area (Å²) in [6.45, 7) is 0.524. The minimum Gasteiger partial charge on any atom is -0.395 e. The zero-order valence-electron chi connectivity index (χ0n) is 11.4. The maximum Gasteiger partial charge on any atom is 0.322 e. The standard InChI is InChI=1S/C15H16ClN3O2/c16-13-3-5-14(6-4-13)18-15(21)19(8-9-20)11-12-2-1-7-17-10-12/h1-7,10,20H,8-9,11H2,(H,18,21). The van der Waals surface area contributed by atoms with Crippen molar-refractivity contribution >= 4 is 23.3 Å². The first kappa shape index (κ1) is 15.3. The predicted octanol–water partition coefficient (Wildman–Crippen LogP) is 2.76. The number of aliphatic hydroxyl groups excluding tert-OH is 1. The van der Waals surface area contributed by atoms with Gasteiger partial charge in [-0.2, -0.15) is 0 Å².